The Morgan fingerprint density at radius 1 is 1.47 bits per heavy atom. The molecule has 0 spiro atoms. The molecule has 1 heterocycles. The van der Waals surface area contributed by atoms with Crippen LogP contribution in [-0.2, 0) is 9.53 Å². The van der Waals surface area contributed by atoms with Gasteiger partial charge in [0.1, 0.15) is 5.82 Å². The quantitative estimate of drug-likeness (QED) is 0.892. The highest BCUT2D eigenvalue weighted by Gasteiger charge is 2.33. The van der Waals surface area contributed by atoms with Gasteiger partial charge in [0.2, 0.25) is 0 Å². The van der Waals surface area contributed by atoms with Gasteiger partial charge in [-0.1, -0.05) is 0 Å². The Balaban J connectivity index is 2.28. The number of amides is 1. The van der Waals surface area contributed by atoms with Crippen LogP contribution in [0.25, 0.3) is 0 Å². The summed E-state index contributed by atoms with van der Waals surface area (Å²) in [5, 5.41) is 9.07. The summed E-state index contributed by atoms with van der Waals surface area (Å²) < 4.78 is 18.4. The summed E-state index contributed by atoms with van der Waals surface area (Å²) >= 11 is 3.11. The molecular weight excluding hydrogens is 321 g/mol. The van der Waals surface area contributed by atoms with Crippen LogP contribution in [0.1, 0.15) is 10.4 Å². The third kappa shape index (κ3) is 2.93. The van der Waals surface area contributed by atoms with Crippen LogP contribution in [0.5, 0.6) is 0 Å². The molecule has 1 aromatic carbocycles. The van der Waals surface area contributed by atoms with E-state index in [0.717, 1.165) is 6.07 Å². The Morgan fingerprint density at radius 3 is 2.84 bits per heavy atom. The van der Waals surface area contributed by atoms with Gasteiger partial charge in [-0.15, -0.1) is 0 Å². The first-order valence-corrected chi connectivity index (χ1v) is 6.36. The summed E-state index contributed by atoms with van der Waals surface area (Å²) in [7, 11) is 0. The summed E-state index contributed by atoms with van der Waals surface area (Å²) in [5.41, 5.74) is 0.231. The van der Waals surface area contributed by atoms with Crippen molar-refractivity contribution in [2.45, 2.75) is 6.04 Å². The Hall–Kier alpha value is -1.47. The van der Waals surface area contributed by atoms with Gasteiger partial charge in [-0.2, -0.15) is 0 Å². The Bertz CT molecular complexity index is 522. The normalized spacial score (nSPS) is 19.3. The Morgan fingerprint density at radius 2 is 2.21 bits per heavy atom. The van der Waals surface area contributed by atoms with Gasteiger partial charge >= 0.3 is 5.97 Å². The molecule has 102 valence electrons. The topological polar surface area (TPSA) is 66.8 Å². The number of ether oxygens (including phenoxy) is 1. The van der Waals surface area contributed by atoms with Crippen LogP contribution in [0.15, 0.2) is 22.7 Å². The molecule has 1 unspecified atom stereocenters. The molecule has 0 aromatic heterocycles. The maximum atomic E-state index is 13.0. The molecule has 1 aliphatic rings. The van der Waals surface area contributed by atoms with Gasteiger partial charge < -0.3 is 14.7 Å². The number of carbonyl (C=O) groups excluding carboxylic acids is 1. The highest BCUT2D eigenvalue weighted by molar-refractivity contribution is 9.10. The zero-order chi connectivity index (χ0) is 14.0. The van der Waals surface area contributed by atoms with E-state index in [1.165, 1.54) is 17.0 Å². The van der Waals surface area contributed by atoms with Crippen molar-refractivity contribution in [1.29, 1.82) is 0 Å². The van der Waals surface area contributed by atoms with Crippen LogP contribution in [-0.4, -0.2) is 47.7 Å². The largest absolute Gasteiger partial charge is 0.480 e. The first-order chi connectivity index (χ1) is 9.00. The fourth-order valence-electron chi connectivity index (χ4n) is 1.87. The van der Waals surface area contributed by atoms with E-state index >= 15 is 0 Å². The smallest absolute Gasteiger partial charge is 0.328 e. The second-order valence-corrected chi connectivity index (χ2v) is 4.91. The highest BCUT2D eigenvalue weighted by Crippen LogP contribution is 2.21. The van der Waals surface area contributed by atoms with Crippen LogP contribution in [0.3, 0.4) is 0 Å². The minimum atomic E-state index is -1.12. The molecule has 5 nitrogen and oxygen atoms in total. The van der Waals surface area contributed by atoms with E-state index in [1.54, 1.807) is 0 Å². The number of halogens is 2. The van der Waals surface area contributed by atoms with Crippen molar-refractivity contribution < 1.29 is 23.8 Å². The molecule has 0 bridgehead atoms. The van der Waals surface area contributed by atoms with Crippen LogP contribution >= 0.6 is 15.9 Å². The van der Waals surface area contributed by atoms with E-state index in [-0.39, 0.29) is 25.3 Å². The van der Waals surface area contributed by atoms with Crippen LogP contribution < -0.4 is 0 Å². The minimum Gasteiger partial charge on any atom is -0.480 e. The molecule has 1 aliphatic heterocycles. The monoisotopic (exact) mass is 331 g/mol. The first kappa shape index (κ1) is 14.0. The lowest BCUT2D eigenvalue weighted by molar-refractivity contribution is -0.147. The van der Waals surface area contributed by atoms with E-state index in [9.17, 15) is 14.0 Å². The molecule has 19 heavy (non-hydrogen) atoms. The molecule has 1 amide bonds. The molecule has 0 radical (unpaired) electrons. The maximum absolute atomic E-state index is 13.0. The van der Waals surface area contributed by atoms with Gasteiger partial charge in [-0.3, -0.25) is 4.79 Å². The number of aliphatic carboxylic acids is 1. The van der Waals surface area contributed by atoms with Crippen molar-refractivity contribution in [3.63, 3.8) is 0 Å². The SMILES string of the molecule is O=C(O)C1COCCN1C(=O)c1ccc(F)cc1Br. The van der Waals surface area contributed by atoms with Gasteiger partial charge in [0, 0.05) is 11.0 Å². The number of morpholine rings is 1. The van der Waals surface area contributed by atoms with Crippen molar-refractivity contribution in [3.05, 3.63) is 34.1 Å². The second kappa shape index (κ2) is 5.66. The van der Waals surface area contributed by atoms with Gasteiger partial charge in [0.05, 0.1) is 18.8 Å². The van der Waals surface area contributed by atoms with Crippen molar-refractivity contribution in [2.24, 2.45) is 0 Å². The zero-order valence-electron chi connectivity index (χ0n) is 9.81. The summed E-state index contributed by atoms with van der Waals surface area (Å²) in [6, 6.07) is 2.64. The molecule has 7 heteroatoms. The van der Waals surface area contributed by atoms with Crippen LogP contribution in [0.2, 0.25) is 0 Å². The number of carboxylic acid groups (broad SMARTS) is 1. The number of carbonyl (C=O) groups is 2. The average Bonchev–Trinajstić information content (AvgIpc) is 2.38. The third-order valence-corrected chi connectivity index (χ3v) is 3.49. The average molecular weight is 332 g/mol. The lowest BCUT2D eigenvalue weighted by Gasteiger charge is -2.33. The van der Waals surface area contributed by atoms with Crippen molar-refractivity contribution in [2.75, 3.05) is 19.8 Å². The molecule has 1 aromatic rings. The predicted molar refractivity (Wildman–Crippen MR) is 67.4 cm³/mol. The van der Waals surface area contributed by atoms with Crippen molar-refractivity contribution in [3.8, 4) is 0 Å². The molecule has 1 fully saturated rings. The number of nitrogens with zero attached hydrogens (tertiary/aromatic N) is 1. The minimum absolute atomic E-state index is 0.0418. The number of hydrogen-bond donors (Lipinski definition) is 1. The number of rotatable bonds is 2. The Kier molecular flexibility index (Phi) is 4.16. The lowest BCUT2D eigenvalue weighted by Crippen LogP contribution is -2.52. The van der Waals surface area contributed by atoms with Crippen LogP contribution in [0, 0.1) is 5.82 Å². The maximum Gasteiger partial charge on any atom is 0.328 e. The molecule has 1 saturated heterocycles. The van der Waals surface area contributed by atoms with Gasteiger partial charge in [-0.25, -0.2) is 9.18 Å². The van der Waals surface area contributed by atoms with Crippen molar-refractivity contribution in [1.82, 2.24) is 4.90 Å². The molecule has 1 N–H and O–H groups in total. The van der Waals surface area contributed by atoms with Gasteiger partial charge in [0.15, 0.2) is 6.04 Å². The molecule has 0 aliphatic carbocycles. The number of carboxylic acids is 1. The zero-order valence-corrected chi connectivity index (χ0v) is 11.4. The van der Waals surface area contributed by atoms with E-state index < -0.39 is 23.7 Å². The number of hydrogen-bond acceptors (Lipinski definition) is 3. The lowest BCUT2D eigenvalue weighted by atomic mass is 10.1. The van der Waals surface area contributed by atoms with Gasteiger partial charge in [-0.05, 0) is 34.1 Å². The fourth-order valence-corrected chi connectivity index (χ4v) is 2.39. The third-order valence-electron chi connectivity index (χ3n) is 2.84. The number of benzene rings is 1. The van der Waals surface area contributed by atoms with E-state index in [4.69, 9.17) is 9.84 Å². The summed E-state index contributed by atoms with van der Waals surface area (Å²) in [4.78, 5) is 24.6. The fraction of sp³-hybridized carbons (Fsp3) is 0.333. The highest BCUT2D eigenvalue weighted by atomic mass is 79.9. The molecule has 2 rings (SSSR count). The predicted octanol–water partition coefficient (Wildman–Crippen LogP) is 1.51. The van der Waals surface area contributed by atoms with E-state index in [1.807, 2.05) is 0 Å². The second-order valence-electron chi connectivity index (χ2n) is 4.05. The summed E-state index contributed by atoms with van der Waals surface area (Å²) in [5.74, 6) is -2.05. The molecule has 0 saturated carbocycles. The van der Waals surface area contributed by atoms with Gasteiger partial charge in [0.25, 0.3) is 5.91 Å². The Labute approximate surface area is 117 Å². The summed E-state index contributed by atoms with van der Waals surface area (Å²) in [6.45, 7) is 0.438. The van der Waals surface area contributed by atoms with E-state index in [2.05, 4.69) is 15.9 Å². The molecular formula is C12H11BrFNO4. The van der Waals surface area contributed by atoms with E-state index in [0.29, 0.717) is 4.47 Å². The summed E-state index contributed by atoms with van der Waals surface area (Å²) in [6.07, 6.45) is 0. The first-order valence-electron chi connectivity index (χ1n) is 5.57. The standard InChI is InChI=1S/C12H11BrFNO4/c13-9-5-7(14)1-2-8(9)11(16)15-3-4-19-6-10(15)12(17)18/h1-2,5,10H,3-4,6H2,(H,17,18). The molecule has 1 atom stereocenters. The van der Waals surface area contributed by atoms with Crippen molar-refractivity contribution >= 4 is 27.8 Å². The van der Waals surface area contributed by atoms with Crippen LogP contribution in [0.4, 0.5) is 4.39 Å².